The van der Waals surface area contributed by atoms with Crippen LogP contribution in [0.15, 0.2) is 14.1 Å². The van der Waals surface area contributed by atoms with E-state index in [9.17, 15) is 9.59 Å². The van der Waals surface area contributed by atoms with Crippen molar-refractivity contribution in [3.05, 3.63) is 31.0 Å². The number of halogens is 1. The van der Waals surface area contributed by atoms with Crippen molar-refractivity contribution >= 4 is 27.7 Å². The first-order valence-corrected chi connectivity index (χ1v) is 6.13. The molecular weight excluding hydrogens is 268 g/mol. The van der Waals surface area contributed by atoms with E-state index in [1.54, 1.807) is 16.3 Å². The van der Waals surface area contributed by atoms with Crippen molar-refractivity contribution in [2.24, 2.45) is 7.05 Å². The van der Waals surface area contributed by atoms with Crippen LogP contribution in [0.25, 0.3) is 0 Å². The fraction of sp³-hybridized carbons (Fsp3) is 0.500. The fourth-order valence-corrected chi connectivity index (χ4v) is 3.22. The van der Waals surface area contributed by atoms with E-state index in [1.807, 2.05) is 0 Å². The van der Waals surface area contributed by atoms with E-state index in [0.29, 0.717) is 11.0 Å². The zero-order valence-electron chi connectivity index (χ0n) is 7.62. The molecule has 14 heavy (non-hydrogen) atoms. The van der Waals surface area contributed by atoms with E-state index in [0.717, 1.165) is 21.8 Å². The van der Waals surface area contributed by atoms with E-state index >= 15 is 0 Å². The van der Waals surface area contributed by atoms with Gasteiger partial charge < -0.3 is 0 Å². The largest absolute Gasteiger partial charge is 0.331 e. The van der Waals surface area contributed by atoms with Crippen molar-refractivity contribution in [1.29, 1.82) is 0 Å². The maximum Gasteiger partial charge on any atom is 0.331 e. The molecule has 0 radical (unpaired) electrons. The van der Waals surface area contributed by atoms with Crippen LogP contribution < -0.4 is 11.2 Å². The summed E-state index contributed by atoms with van der Waals surface area (Å²) in [6.45, 7) is 0.686. The predicted molar refractivity (Wildman–Crippen MR) is 59.8 cm³/mol. The summed E-state index contributed by atoms with van der Waals surface area (Å²) in [5.41, 5.74) is 0.353. The van der Waals surface area contributed by atoms with Crippen molar-refractivity contribution in [3.63, 3.8) is 0 Å². The monoisotopic (exact) mass is 276 g/mol. The summed E-state index contributed by atoms with van der Waals surface area (Å²) >= 11 is 4.98. The first-order valence-electron chi connectivity index (χ1n) is 4.19. The Bertz CT molecular complexity index is 491. The van der Waals surface area contributed by atoms with Gasteiger partial charge in [-0.05, 0) is 15.9 Å². The van der Waals surface area contributed by atoms with Crippen LogP contribution in [0.2, 0.25) is 0 Å². The van der Waals surface area contributed by atoms with Crippen LogP contribution >= 0.6 is 27.7 Å². The Morgan fingerprint density at radius 1 is 1.43 bits per heavy atom. The summed E-state index contributed by atoms with van der Waals surface area (Å²) in [7, 11) is 1.50. The Balaban J connectivity index is 2.85. The molecule has 2 rings (SSSR count). The third kappa shape index (κ3) is 1.37. The smallest absolute Gasteiger partial charge is 0.295 e. The van der Waals surface area contributed by atoms with Crippen molar-refractivity contribution in [2.75, 3.05) is 5.75 Å². The summed E-state index contributed by atoms with van der Waals surface area (Å²) in [4.78, 5) is 23.2. The maximum absolute atomic E-state index is 11.7. The van der Waals surface area contributed by atoms with Gasteiger partial charge in [-0.2, -0.15) is 11.8 Å². The molecule has 0 amide bonds. The number of hydrogen-bond acceptors (Lipinski definition) is 3. The first kappa shape index (κ1) is 10.0. The van der Waals surface area contributed by atoms with Crippen LogP contribution in [-0.2, 0) is 19.3 Å². The second-order valence-electron chi connectivity index (χ2n) is 3.11. The highest BCUT2D eigenvalue weighted by atomic mass is 79.9. The highest BCUT2D eigenvalue weighted by Gasteiger charge is 2.18. The highest BCUT2D eigenvalue weighted by Crippen LogP contribution is 2.21. The molecule has 0 saturated heterocycles. The molecule has 0 atom stereocenters. The third-order valence-corrected chi connectivity index (χ3v) is 4.03. The van der Waals surface area contributed by atoms with Crippen LogP contribution in [0, 0.1) is 0 Å². The van der Waals surface area contributed by atoms with Crippen LogP contribution in [0.5, 0.6) is 0 Å². The summed E-state index contributed by atoms with van der Waals surface area (Å²) in [6.07, 6.45) is 0. The molecule has 6 heteroatoms. The molecule has 0 unspecified atom stereocenters. The molecule has 76 valence electrons. The first-order chi connectivity index (χ1) is 6.63. The number of thioether (sulfide) groups is 1. The van der Waals surface area contributed by atoms with Gasteiger partial charge in [0.25, 0.3) is 5.56 Å². The van der Waals surface area contributed by atoms with Crippen molar-refractivity contribution in [1.82, 2.24) is 9.13 Å². The minimum Gasteiger partial charge on any atom is -0.295 e. The molecule has 0 fully saturated rings. The average molecular weight is 277 g/mol. The molecule has 1 aliphatic rings. The molecule has 1 aromatic rings. The standard InChI is InChI=1S/C8H9BrN2O2S/c1-10-7(12)6(9)5-4-14-3-2-11(5)8(10)13/h2-4H2,1H3. The lowest BCUT2D eigenvalue weighted by Gasteiger charge is -2.19. The van der Waals surface area contributed by atoms with Crippen molar-refractivity contribution in [2.45, 2.75) is 12.3 Å². The number of aromatic nitrogens is 2. The normalized spacial score (nSPS) is 15.3. The molecule has 4 nitrogen and oxygen atoms in total. The summed E-state index contributed by atoms with van der Waals surface area (Å²) < 4.78 is 3.33. The molecule has 0 N–H and O–H groups in total. The summed E-state index contributed by atoms with van der Waals surface area (Å²) in [5, 5.41) is 0. The van der Waals surface area contributed by atoms with E-state index in [4.69, 9.17) is 0 Å². The van der Waals surface area contributed by atoms with Crippen molar-refractivity contribution in [3.8, 4) is 0 Å². The van der Waals surface area contributed by atoms with Crippen LogP contribution in [-0.4, -0.2) is 14.9 Å². The molecule has 0 bridgehead atoms. The zero-order chi connectivity index (χ0) is 10.3. The van der Waals surface area contributed by atoms with E-state index in [-0.39, 0.29) is 11.2 Å². The molecule has 1 aliphatic heterocycles. The van der Waals surface area contributed by atoms with Gasteiger partial charge in [0.1, 0.15) is 4.47 Å². The lowest BCUT2D eigenvalue weighted by atomic mass is 10.4. The summed E-state index contributed by atoms with van der Waals surface area (Å²) in [6, 6.07) is 0. The molecule has 0 aliphatic carbocycles. The van der Waals surface area contributed by atoms with E-state index < -0.39 is 0 Å². The van der Waals surface area contributed by atoms with Gasteiger partial charge in [0, 0.05) is 25.1 Å². The Labute approximate surface area is 93.1 Å². The predicted octanol–water partition coefficient (Wildman–Crippen LogP) is 0.556. The maximum atomic E-state index is 11.7. The van der Waals surface area contributed by atoms with Crippen molar-refractivity contribution < 1.29 is 0 Å². The lowest BCUT2D eigenvalue weighted by molar-refractivity contribution is 0.599. The van der Waals surface area contributed by atoms with Crippen LogP contribution in [0.3, 0.4) is 0 Å². The molecule has 0 aromatic carbocycles. The Morgan fingerprint density at radius 3 is 2.86 bits per heavy atom. The zero-order valence-corrected chi connectivity index (χ0v) is 10.0. The van der Waals surface area contributed by atoms with Gasteiger partial charge in [-0.3, -0.25) is 13.9 Å². The second-order valence-corrected chi connectivity index (χ2v) is 5.01. The van der Waals surface area contributed by atoms with Gasteiger partial charge in [-0.25, -0.2) is 4.79 Å². The number of rotatable bonds is 0. The number of fused-ring (bicyclic) bond motifs is 1. The molecule has 1 aromatic heterocycles. The molecule has 0 spiro atoms. The average Bonchev–Trinajstić information content (AvgIpc) is 2.23. The Kier molecular flexibility index (Phi) is 2.57. The minimum atomic E-state index is -0.247. The van der Waals surface area contributed by atoms with Gasteiger partial charge in [-0.1, -0.05) is 0 Å². The van der Waals surface area contributed by atoms with Gasteiger partial charge in [0.05, 0.1) is 5.69 Å². The Morgan fingerprint density at radius 2 is 2.14 bits per heavy atom. The number of hydrogen-bond donors (Lipinski definition) is 0. The fourth-order valence-electron chi connectivity index (χ4n) is 1.47. The Hall–Kier alpha value is -0.490. The number of nitrogens with zero attached hydrogens (tertiary/aromatic N) is 2. The highest BCUT2D eigenvalue weighted by molar-refractivity contribution is 9.10. The topological polar surface area (TPSA) is 44.0 Å². The van der Waals surface area contributed by atoms with Crippen LogP contribution in [0.1, 0.15) is 5.69 Å². The van der Waals surface area contributed by atoms with Gasteiger partial charge in [0.15, 0.2) is 0 Å². The molecule has 0 saturated carbocycles. The molecular formula is C8H9BrN2O2S. The van der Waals surface area contributed by atoms with Gasteiger partial charge in [-0.15, -0.1) is 0 Å². The SMILES string of the molecule is Cn1c(=O)c(Br)c2n(c1=O)CCSC2. The minimum absolute atomic E-state index is 0.214. The third-order valence-electron chi connectivity index (χ3n) is 2.29. The quantitative estimate of drug-likeness (QED) is 0.696. The van der Waals surface area contributed by atoms with E-state index in [1.165, 1.54) is 7.05 Å². The lowest BCUT2D eigenvalue weighted by Crippen LogP contribution is -2.41. The van der Waals surface area contributed by atoms with E-state index in [2.05, 4.69) is 15.9 Å². The second kappa shape index (κ2) is 3.58. The van der Waals surface area contributed by atoms with Gasteiger partial charge in [0.2, 0.25) is 0 Å². The molecule has 2 heterocycles. The van der Waals surface area contributed by atoms with Gasteiger partial charge >= 0.3 is 5.69 Å². The van der Waals surface area contributed by atoms with Crippen LogP contribution in [0.4, 0.5) is 0 Å². The summed E-state index contributed by atoms with van der Waals surface area (Å²) in [5.74, 6) is 1.66.